The molecule has 0 unspecified atom stereocenters. The van der Waals surface area contributed by atoms with Gasteiger partial charge in [-0.1, -0.05) is 0 Å². The third kappa shape index (κ3) is 3.48. The molecule has 2 aromatic heterocycles. The molecule has 7 heteroatoms. The van der Waals surface area contributed by atoms with Gasteiger partial charge in [0.15, 0.2) is 5.58 Å². The Bertz CT molecular complexity index is 671. The van der Waals surface area contributed by atoms with E-state index in [2.05, 4.69) is 5.32 Å². The summed E-state index contributed by atoms with van der Waals surface area (Å²) in [5.74, 6) is 0.0316. The van der Waals surface area contributed by atoms with Crippen LogP contribution in [0.4, 0.5) is 0 Å². The molecule has 1 N–H and O–H groups in total. The maximum atomic E-state index is 12.0. The van der Waals surface area contributed by atoms with Gasteiger partial charge in [0.25, 0.3) is 0 Å². The van der Waals surface area contributed by atoms with Gasteiger partial charge >= 0.3 is 5.97 Å². The lowest BCUT2D eigenvalue weighted by Crippen LogP contribution is -2.31. The van der Waals surface area contributed by atoms with Gasteiger partial charge in [-0.3, -0.25) is 4.79 Å². The smallest absolute Gasteiger partial charge is 0.355 e. The SMILES string of the molecule is CCOC(=O)c1cc2oc(C)cc2n1CC(=O)NCCOC. The highest BCUT2D eigenvalue weighted by molar-refractivity contribution is 5.95. The standard InChI is InChI=1S/C15H20N2O5/c1-4-21-15(19)12-8-13-11(7-10(2)22-13)17(12)9-14(18)16-5-6-20-3/h7-8H,4-6,9H2,1-3H3,(H,16,18). The van der Waals surface area contributed by atoms with Crippen LogP contribution in [0.3, 0.4) is 0 Å². The molecule has 0 atom stereocenters. The predicted molar refractivity (Wildman–Crippen MR) is 79.8 cm³/mol. The van der Waals surface area contributed by atoms with Gasteiger partial charge < -0.3 is 23.8 Å². The maximum Gasteiger partial charge on any atom is 0.355 e. The molecule has 0 fully saturated rings. The normalized spacial score (nSPS) is 10.9. The third-order valence-electron chi connectivity index (χ3n) is 3.13. The summed E-state index contributed by atoms with van der Waals surface area (Å²) in [5.41, 5.74) is 1.56. The molecule has 1 amide bonds. The molecule has 22 heavy (non-hydrogen) atoms. The van der Waals surface area contributed by atoms with Crippen molar-refractivity contribution < 1.29 is 23.5 Å². The summed E-state index contributed by atoms with van der Waals surface area (Å²) in [6.45, 7) is 4.68. The fraction of sp³-hybridized carbons (Fsp3) is 0.467. The Morgan fingerprint density at radius 3 is 2.82 bits per heavy atom. The molecule has 7 nitrogen and oxygen atoms in total. The molecule has 2 aromatic rings. The Hall–Kier alpha value is -2.28. The summed E-state index contributed by atoms with van der Waals surface area (Å²) in [5, 5.41) is 2.72. The number of furan rings is 1. The third-order valence-corrected chi connectivity index (χ3v) is 3.13. The number of carbonyl (C=O) groups excluding carboxylic acids is 2. The van der Waals surface area contributed by atoms with Gasteiger partial charge in [-0.15, -0.1) is 0 Å². The van der Waals surface area contributed by atoms with Crippen molar-refractivity contribution in [3.05, 3.63) is 23.6 Å². The first-order chi connectivity index (χ1) is 10.6. The van der Waals surface area contributed by atoms with Gasteiger partial charge in [-0.25, -0.2) is 4.79 Å². The molecule has 0 aliphatic rings. The molecule has 2 rings (SSSR count). The van der Waals surface area contributed by atoms with Crippen LogP contribution in [-0.4, -0.2) is 43.3 Å². The van der Waals surface area contributed by atoms with Crippen LogP contribution in [-0.2, 0) is 20.8 Å². The van der Waals surface area contributed by atoms with Crippen LogP contribution in [0, 0.1) is 6.92 Å². The van der Waals surface area contributed by atoms with Crippen LogP contribution in [0.2, 0.25) is 0 Å². The summed E-state index contributed by atoms with van der Waals surface area (Å²) in [6, 6.07) is 3.39. The van der Waals surface area contributed by atoms with Gasteiger partial charge in [0.2, 0.25) is 5.91 Å². The number of fused-ring (bicyclic) bond motifs is 1. The minimum atomic E-state index is -0.476. The maximum absolute atomic E-state index is 12.0. The number of amides is 1. The lowest BCUT2D eigenvalue weighted by molar-refractivity contribution is -0.121. The highest BCUT2D eigenvalue weighted by Crippen LogP contribution is 2.24. The number of hydrogen-bond acceptors (Lipinski definition) is 5. The van der Waals surface area contributed by atoms with Crippen molar-refractivity contribution >= 4 is 23.0 Å². The van der Waals surface area contributed by atoms with E-state index in [0.717, 1.165) is 0 Å². The minimum absolute atomic E-state index is 0.0142. The number of nitrogens with one attached hydrogen (secondary N) is 1. The van der Waals surface area contributed by atoms with Crippen LogP contribution in [0.1, 0.15) is 23.2 Å². The van der Waals surface area contributed by atoms with E-state index in [0.29, 0.717) is 35.7 Å². The van der Waals surface area contributed by atoms with Crippen molar-refractivity contribution in [2.75, 3.05) is 26.9 Å². The van der Waals surface area contributed by atoms with E-state index in [4.69, 9.17) is 13.9 Å². The highest BCUT2D eigenvalue weighted by atomic mass is 16.5. The number of nitrogens with zero attached hydrogens (tertiary/aromatic N) is 1. The van der Waals surface area contributed by atoms with Crippen LogP contribution < -0.4 is 5.32 Å². The van der Waals surface area contributed by atoms with Crippen molar-refractivity contribution in [2.24, 2.45) is 0 Å². The Labute approximate surface area is 128 Å². The second-order valence-electron chi connectivity index (χ2n) is 4.79. The zero-order valence-electron chi connectivity index (χ0n) is 13.0. The van der Waals surface area contributed by atoms with E-state index in [1.807, 2.05) is 6.92 Å². The van der Waals surface area contributed by atoms with E-state index in [9.17, 15) is 9.59 Å². The second kappa shape index (κ2) is 7.13. The van der Waals surface area contributed by atoms with Crippen molar-refractivity contribution in [1.29, 1.82) is 0 Å². The zero-order chi connectivity index (χ0) is 16.1. The first-order valence-electron chi connectivity index (χ1n) is 7.09. The summed E-state index contributed by atoms with van der Waals surface area (Å²) >= 11 is 0. The van der Waals surface area contributed by atoms with Crippen LogP contribution in [0.5, 0.6) is 0 Å². The van der Waals surface area contributed by atoms with E-state index >= 15 is 0 Å². The topological polar surface area (TPSA) is 82.7 Å². The molecule has 0 aromatic carbocycles. The minimum Gasteiger partial charge on any atom is -0.461 e. The summed E-state index contributed by atoms with van der Waals surface area (Å²) < 4.78 is 17.0. The first-order valence-corrected chi connectivity index (χ1v) is 7.09. The van der Waals surface area contributed by atoms with Crippen LogP contribution in [0.25, 0.3) is 11.1 Å². The molecule has 0 spiro atoms. The van der Waals surface area contributed by atoms with E-state index in [1.54, 1.807) is 30.7 Å². The fourth-order valence-corrected chi connectivity index (χ4v) is 2.20. The van der Waals surface area contributed by atoms with Gasteiger partial charge in [0.05, 0.1) is 18.7 Å². The molecule has 120 valence electrons. The number of carbonyl (C=O) groups is 2. The lowest BCUT2D eigenvalue weighted by Gasteiger charge is -2.09. The molecule has 0 saturated heterocycles. The van der Waals surface area contributed by atoms with Crippen molar-refractivity contribution in [3.63, 3.8) is 0 Å². The number of ether oxygens (including phenoxy) is 2. The number of rotatable bonds is 7. The Balaban J connectivity index is 2.25. The van der Waals surface area contributed by atoms with E-state index < -0.39 is 5.97 Å². The summed E-state index contributed by atoms with van der Waals surface area (Å²) in [7, 11) is 1.56. The van der Waals surface area contributed by atoms with Crippen molar-refractivity contribution in [1.82, 2.24) is 9.88 Å². The van der Waals surface area contributed by atoms with E-state index in [-0.39, 0.29) is 19.1 Å². The zero-order valence-corrected chi connectivity index (χ0v) is 13.0. The second-order valence-corrected chi connectivity index (χ2v) is 4.79. The quantitative estimate of drug-likeness (QED) is 0.619. The van der Waals surface area contributed by atoms with Crippen LogP contribution >= 0.6 is 0 Å². The Morgan fingerprint density at radius 1 is 1.36 bits per heavy atom. The predicted octanol–water partition coefficient (Wildman–Crippen LogP) is 1.48. The van der Waals surface area contributed by atoms with Crippen LogP contribution in [0.15, 0.2) is 16.5 Å². The summed E-state index contributed by atoms with van der Waals surface area (Å²) in [4.78, 5) is 24.0. The molecule has 2 heterocycles. The molecular weight excluding hydrogens is 288 g/mol. The number of aromatic nitrogens is 1. The van der Waals surface area contributed by atoms with Crippen molar-refractivity contribution in [3.8, 4) is 0 Å². The number of hydrogen-bond donors (Lipinski definition) is 1. The van der Waals surface area contributed by atoms with Gasteiger partial charge in [-0.2, -0.15) is 0 Å². The monoisotopic (exact) mass is 308 g/mol. The molecular formula is C15H20N2O5. The number of esters is 1. The molecule has 0 aliphatic carbocycles. The largest absolute Gasteiger partial charge is 0.461 e. The molecule has 0 radical (unpaired) electrons. The number of aryl methyl sites for hydroxylation is 1. The number of methoxy groups -OCH3 is 1. The van der Waals surface area contributed by atoms with Gasteiger partial charge in [-0.05, 0) is 13.8 Å². The Kier molecular flexibility index (Phi) is 5.21. The molecule has 0 saturated carbocycles. The Morgan fingerprint density at radius 2 is 2.14 bits per heavy atom. The molecule has 0 bridgehead atoms. The van der Waals surface area contributed by atoms with Crippen molar-refractivity contribution in [2.45, 2.75) is 20.4 Å². The highest BCUT2D eigenvalue weighted by Gasteiger charge is 2.20. The van der Waals surface area contributed by atoms with Gasteiger partial charge in [0.1, 0.15) is 18.0 Å². The lowest BCUT2D eigenvalue weighted by atomic mass is 10.4. The van der Waals surface area contributed by atoms with E-state index in [1.165, 1.54) is 0 Å². The average Bonchev–Trinajstić information content (AvgIpc) is 2.97. The first kappa shape index (κ1) is 16.1. The summed E-state index contributed by atoms with van der Waals surface area (Å²) in [6.07, 6.45) is 0. The van der Waals surface area contributed by atoms with Gasteiger partial charge in [0, 0.05) is 25.8 Å². The average molecular weight is 308 g/mol. The molecule has 0 aliphatic heterocycles. The fourth-order valence-electron chi connectivity index (χ4n) is 2.20.